The lowest BCUT2D eigenvalue weighted by atomic mass is 10.0. The topological polar surface area (TPSA) is 108 Å². The Hall–Kier alpha value is -2.35. The number of carbonyl (C=O) groups excluding carboxylic acids is 2. The predicted molar refractivity (Wildman–Crippen MR) is 86.6 cm³/mol. The number of hydrogen-bond acceptors (Lipinski definition) is 6. The molecule has 0 saturated carbocycles. The van der Waals surface area contributed by atoms with E-state index >= 15 is 0 Å². The van der Waals surface area contributed by atoms with Crippen molar-refractivity contribution in [1.82, 2.24) is 5.32 Å². The smallest absolute Gasteiger partial charge is 0.408 e. The lowest BCUT2D eigenvalue weighted by Crippen LogP contribution is -2.36. The number of hydrogen-bond donors (Lipinski definition) is 1. The highest BCUT2D eigenvalue weighted by atomic mass is 35.5. The third kappa shape index (κ3) is 6.82. The second kappa shape index (κ2) is 8.49. The minimum atomic E-state index is -0.851. The van der Waals surface area contributed by atoms with Crippen LogP contribution in [0.1, 0.15) is 38.8 Å². The molecule has 0 bridgehead atoms. The summed E-state index contributed by atoms with van der Waals surface area (Å²) in [5.41, 5.74) is -0.510. The van der Waals surface area contributed by atoms with Crippen LogP contribution in [0.15, 0.2) is 24.3 Å². The van der Waals surface area contributed by atoms with Crippen molar-refractivity contribution in [3.05, 3.63) is 39.9 Å². The van der Waals surface area contributed by atoms with E-state index in [1.54, 1.807) is 26.8 Å². The van der Waals surface area contributed by atoms with Crippen LogP contribution in [-0.2, 0) is 14.3 Å². The Balaban J connectivity index is 3.00. The van der Waals surface area contributed by atoms with Gasteiger partial charge in [-0.25, -0.2) is 4.79 Å². The van der Waals surface area contributed by atoms with Crippen LogP contribution >= 0.6 is 11.6 Å². The number of alkyl carbamates (subject to hydrolysis) is 1. The largest absolute Gasteiger partial charge is 0.449 e. The highest BCUT2D eigenvalue weighted by Gasteiger charge is 2.24. The number of non-ortho nitro benzene ring substituents is 1. The standard InChI is InChI=1S/C15H19ClN2O6/c1-15(2,3)24-14(20)17-12(8-13(19)23-9-16)10-5-4-6-11(7-10)18(21)22/h4-7,12H,8-9H2,1-3H3,(H,17,20). The molecule has 0 heterocycles. The number of amides is 1. The molecule has 132 valence electrons. The molecule has 0 spiro atoms. The van der Waals surface area contributed by atoms with Crippen molar-refractivity contribution < 1.29 is 24.0 Å². The van der Waals surface area contributed by atoms with Crippen LogP contribution in [-0.4, -0.2) is 28.7 Å². The van der Waals surface area contributed by atoms with Gasteiger partial charge in [-0.1, -0.05) is 23.7 Å². The summed E-state index contributed by atoms with van der Waals surface area (Å²) in [7, 11) is 0. The molecule has 0 aliphatic heterocycles. The molecule has 1 aromatic carbocycles. The summed E-state index contributed by atoms with van der Waals surface area (Å²) >= 11 is 5.34. The second-order valence-corrected chi connectivity index (χ2v) is 6.10. The Kier molecular flexibility index (Phi) is 6.97. The first-order chi connectivity index (χ1) is 11.1. The summed E-state index contributed by atoms with van der Waals surface area (Å²) in [4.78, 5) is 34.0. The number of esters is 1. The van der Waals surface area contributed by atoms with Gasteiger partial charge in [-0.05, 0) is 26.3 Å². The van der Waals surface area contributed by atoms with E-state index in [0.717, 1.165) is 0 Å². The average Bonchev–Trinajstić information content (AvgIpc) is 2.45. The summed E-state index contributed by atoms with van der Waals surface area (Å²) in [5.74, 6) is -0.655. The molecule has 1 N–H and O–H groups in total. The van der Waals surface area contributed by atoms with E-state index in [-0.39, 0.29) is 18.2 Å². The highest BCUT2D eigenvalue weighted by molar-refractivity contribution is 6.17. The molecule has 0 aromatic heterocycles. The van der Waals surface area contributed by atoms with Crippen molar-refractivity contribution in [2.45, 2.75) is 38.8 Å². The minimum absolute atomic E-state index is 0.158. The van der Waals surface area contributed by atoms with Gasteiger partial charge in [0.25, 0.3) is 5.69 Å². The molecule has 1 amide bonds. The van der Waals surface area contributed by atoms with Gasteiger partial charge in [0.15, 0.2) is 6.07 Å². The number of nitrogens with zero attached hydrogens (tertiary/aromatic N) is 1. The van der Waals surface area contributed by atoms with E-state index in [1.165, 1.54) is 18.2 Å². The van der Waals surface area contributed by atoms with Gasteiger partial charge < -0.3 is 14.8 Å². The van der Waals surface area contributed by atoms with E-state index in [9.17, 15) is 19.7 Å². The van der Waals surface area contributed by atoms with Crippen molar-refractivity contribution in [2.24, 2.45) is 0 Å². The summed E-state index contributed by atoms with van der Waals surface area (Å²) in [6.45, 7) is 5.07. The van der Waals surface area contributed by atoms with Gasteiger partial charge in [-0.3, -0.25) is 14.9 Å². The molecular weight excluding hydrogens is 340 g/mol. The van der Waals surface area contributed by atoms with Crippen LogP contribution in [0.3, 0.4) is 0 Å². The van der Waals surface area contributed by atoms with Crippen LogP contribution in [0.25, 0.3) is 0 Å². The molecular formula is C15H19ClN2O6. The molecule has 1 atom stereocenters. The monoisotopic (exact) mass is 358 g/mol. The molecule has 0 aliphatic carbocycles. The van der Waals surface area contributed by atoms with Crippen molar-refractivity contribution in [2.75, 3.05) is 6.07 Å². The molecule has 0 fully saturated rings. The molecule has 24 heavy (non-hydrogen) atoms. The second-order valence-electron chi connectivity index (χ2n) is 5.88. The number of alkyl halides is 1. The maximum absolute atomic E-state index is 12.0. The van der Waals surface area contributed by atoms with Crippen molar-refractivity contribution in [3.63, 3.8) is 0 Å². The Bertz CT molecular complexity index is 614. The maximum atomic E-state index is 12.0. The molecule has 0 aliphatic rings. The van der Waals surface area contributed by atoms with Crippen LogP contribution in [0.4, 0.5) is 10.5 Å². The van der Waals surface area contributed by atoms with Crippen molar-refractivity contribution in [3.8, 4) is 0 Å². The summed E-state index contributed by atoms with van der Waals surface area (Å²) in [6, 6.07) is 4.43. The molecule has 0 radical (unpaired) electrons. The van der Waals surface area contributed by atoms with E-state index in [1.807, 2.05) is 0 Å². The number of nitrogens with one attached hydrogen (secondary N) is 1. The van der Waals surface area contributed by atoms with Gasteiger partial charge in [0.1, 0.15) is 5.60 Å². The number of benzene rings is 1. The third-order valence-electron chi connectivity index (χ3n) is 2.76. The Morgan fingerprint density at radius 1 is 1.38 bits per heavy atom. The average molecular weight is 359 g/mol. The first kappa shape index (κ1) is 19.7. The Labute approximate surface area is 144 Å². The molecule has 1 aromatic rings. The van der Waals surface area contributed by atoms with Crippen LogP contribution in [0.2, 0.25) is 0 Å². The number of nitro groups is 1. The minimum Gasteiger partial charge on any atom is -0.449 e. The van der Waals surface area contributed by atoms with Crippen LogP contribution < -0.4 is 5.32 Å². The lowest BCUT2D eigenvalue weighted by molar-refractivity contribution is -0.384. The van der Waals surface area contributed by atoms with Crippen molar-refractivity contribution in [1.29, 1.82) is 0 Å². The third-order valence-corrected chi connectivity index (χ3v) is 2.87. The lowest BCUT2D eigenvalue weighted by Gasteiger charge is -2.23. The molecule has 1 unspecified atom stereocenters. The van der Waals surface area contributed by atoms with E-state index in [0.29, 0.717) is 5.56 Å². The first-order valence-corrected chi connectivity index (χ1v) is 7.61. The van der Waals surface area contributed by atoms with E-state index in [4.69, 9.17) is 16.3 Å². The SMILES string of the molecule is CC(C)(C)OC(=O)NC(CC(=O)OCCl)c1cccc([N+](=O)[O-])c1. The number of nitro benzene ring substituents is 1. The zero-order valence-electron chi connectivity index (χ0n) is 13.6. The zero-order chi connectivity index (χ0) is 18.3. The van der Waals surface area contributed by atoms with Gasteiger partial charge >= 0.3 is 12.1 Å². The normalized spacial score (nSPS) is 12.2. The fourth-order valence-corrected chi connectivity index (χ4v) is 1.97. The molecule has 0 saturated heterocycles. The van der Waals surface area contributed by atoms with Gasteiger partial charge in [0.05, 0.1) is 17.4 Å². The van der Waals surface area contributed by atoms with Crippen LogP contribution in [0.5, 0.6) is 0 Å². The zero-order valence-corrected chi connectivity index (χ0v) is 14.3. The van der Waals surface area contributed by atoms with Gasteiger partial charge in [0.2, 0.25) is 0 Å². The van der Waals surface area contributed by atoms with Gasteiger partial charge in [0, 0.05) is 12.1 Å². The fourth-order valence-electron chi connectivity index (χ4n) is 1.84. The number of rotatable bonds is 6. The van der Waals surface area contributed by atoms with Crippen molar-refractivity contribution >= 4 is 29.4 Å². The Morgan fingerprint density at radius 2 is 2.04 bits per heavy atom. The Morgan fingerprint density at radius 3 is 2.58 bits per heavy atom. The molecule has 8 nitrogen and oxygen atoms in total. The first-order valence-electron chi connectivity index (χ1n) is 7.08. The van der Waals surface area contributed by atoms with Gasteiger partial charge in [-0.2, -0.15) is 0 Å². The summed E-state index contributed by atoms with van der Waals surface area (Å²) in [6.07, 6.45) is -0.995. The molecule has 9 heteroatoms. The quantitative estimate of drug-likeness (QED) is 0.362. The summed E-state index contributed by atoms with van der Waals surface area (Å²) in [5, 5.41) is 13.4. The fraction of sp³-hybridized carbons (Fsp3) is 0.467. The number of ether oxygens (including phenoxy) is 2. The maximum Gasteiger partial charge on any atom is 0.408 e. The number of carbonyl (C=O) groups is 2. The highest BCUT2D eigenvalue weighted by Crippen LogP contribution is 2.23. The molecule has 1 rings (SSSR count). The predicted octanol–water partition coefficient (Wildman–Crippen LogP) is 3.29. The van der Waals surface area contributed by atoms with E-state index in [2.05, 4.69) is 10.1 Å². The summed E-state index contributed by atoms with van der Waals surface area (Å²) < 4.78 is 9.80. The van der Waals surface area contributed by atoms with Crippen LogP contribution in [0, 0.1) is 10.1 Å². The number of halogens is 1. The van der Waals surface area contributed by atoms with Gasteiger partial charge in [-0.15, -0.1) is 0 Å². The van der Waals surface area contributed by atoms with E-state index < -0.39 is 28.6 Å².